The third-order valence-corrected chi connectivity index (χ3v) is 4.95. The van der Waals surface area contributed by atoms with Crippen molar-refractivity contribution in [2.45, 2.75) is 31.3 Å². The van der Waals surface area contributed by atoms with E-state index in [1.807, 2.05) is 6.07 Å². The average molecular weight is 461 g/mol. The van der Waals surface area contributed by atoms with E-state index in [0.717, 1.165) is 9.13 Å². The first kappa shape index (κ1) is 18.4. The van der Waals surface area contributed by atoms with Crippen molar-refractivity contribution in [2.24, 2.45) is 0 Å². The number of benzene rings is 1. The lowest BCUT2D eigenvalue weighted by atomic mass is 9.96. The summed E-state index contributed by atoms with van der Waals surface area (Å²) in [5, 5.41) is 20.8. The average Bonchev–Trinajstić information content (AvgIpc) is 3.40. The molecule has 136 valence electrons. The van der Waals surface area contributed by atoms with Crippen LogP contribution >= 0.6 is 22.6 Å². The van der Waals surface area contributed by atoms with Crippen LogP contribution in [0.15, 0.2) is 23.8 Å². The first-order valence-electron chi connectivity index (χ1n) is 7.96. The van der Waals surface area contributed by atoms with Crippen LogP contribution < -0.4 is 14.8 Å². The second-order valence-corrected chi connectivity index (χ2v) is 7.03. The molecule has 1 aliphatic heterocycles. The third-order valence-electron chi connectivity index (χ3n) is 4.15. The molecular formula is C17H20INO6. The number of nitrogens with one attached hydrogen (secondary N) is 1. The van der Waals surface area contributed by atoms with E-state index in [2.05, 4.69) is 27.9 Å². The Morgan fingerprint density at radius 2 is 2.24 bits per heavy atom. The van der Waals surface area contributed by atoms with Gasteiger partial charge in [-0.15, -0.1) is 0 Å². The van der Waals surface area contributed by atoms with Crippen LogP contribution in [0.5, 0.6) is 11.5 Å². The third kappa shape index (κ3) is 4.08. The number of epoxide rings is 1. The van der Waals surface area contributed by atoms with E-state index in [4.69, 9.17) is 19.3 Å². The summed E-state index contributed by atoms with van der Waals surface area (Å²) in [7, 11) is 1.54. The van der Waals surface area contributed by atoms with Gasteiger partial charge in [-0.25, -0.2) is 0 Å². The van der Waals surface area contributed by atoms with Gasteiger partial charge in [-0.2, -0.15) is 0 Å². The molecule has 7 nitrogen and oxygen atoms in total. The second-order valence-electron chi connectivity index (χ2n) is 5.86. The number of ether oxygens (including phenoxy) is 3. The minimum absolute atomic E-state index is 0.0229. The molecule has 3 N–H and O–H groups in total. The number of methoxy groups -OCH3 is 1. The maximum atomic E-state index is 12.1. The van der Waals surface area contributed by atoms with Crippen LogP contribution in [0.1, 0.15) is 12.0 Å². The topological polar surface area (TPSA) is 101 Å². The molecule has 0 aromatic heterocycles. The van der Waals surface area contributed by atoms with Gasteiger partial charge in [-0.1, -0.05) is 0 Å². The fourth-order valence-corrected chi connectivity index (χ4v) is 3.65. The lowest BCUT2D eigenvalue weighted by molar-refractivity contribution is -0.117. The quantitative estimate of drug-likeness (QED) is 0.410. The van der Waals surface area contributed by atoms with Gasteiger partial charge in [0, 0.05) is 18.5 Å². The van der Waals surface area contributed by atoms with Crippen LogP contribution in [0.4, 0.5) is 0 Å². The number of hydrogen-bond acceptors (Lipinski definition) is 6. The van der Waals surface area contributed by atoms with E-state index in [0.29, 0.717) is 23.5 Å². The van der Waals surface area contributed by atoms with Gasteiger partial charge in [0.25, 0.3) is 0 Å². The van der Waals surface area contributed by atoms with Crippen molar-refractivity contribution in [3.8, 4) is 11.5 Å². The lowest BCUT2D eigenvalue weighted by Crippen LogP contribution is -2.33. The van der Waals surface area contributed by atoms with Gasteiger partial charge in [-0.05, 0) is 46.4 Å². The number of aliphatic hydroxyl groups is 2. The Kier molecular flexibility index (Phi) is 5.82. The van der Waals surface area contributed by atoms with Crippen molar-refractivity contribution < 1.29 is 29.2 Å². The molecule has 8 heteroatoms. The predicted octanol–water partition coefficient (Wildman–Crippen LogP) is 0.745. The molecule has 1 fully saturated rings. The molecule has 2 aliphatic rings. The minimum Gasteiger partial charge on any atom is -0.493 e. The van der Waals surface area contributed by atoms with E-state index in [-0.39, 0.29) is 37.9 Å². The second kappa shape index (κ2) is 7.90. The van der Waals surface area contributed by atoms with Gasteiger partial charge < -0.3 is 29.7 Å². The number of amides is 1. The molecule has 0 radical (unpaired) electrons. The summed E-state index contributed by atoms with van der Waals surface area (Å²) in [5.41, 5.74) is 1.33. The molecule has 25 heavy (non-hydrogen) atoms. The van der Waals surface area contributed by atoms with E-state index < -0.39 is 6.10 Å². The Bertz CT molecular complexity index is 692. The largest absolute Gasteiger partial charge is 0.493 e. The molecule has 1 saturated heterocycles. The molecule has 0 bridgehead atoms. The maximum absolute atomic E-state index is 12.1. The molecule has 1 aromatic rings. The summed E-state index contributed by atoms with van der Waals surface area (Å²) >= 11 is 2.13. The molecule has 1 aromatic carbocycles. The number of halogens is 1. The van der Waals surface area contributed by atoms with E-state index in [1.165, 1.54) is 0 Å². The van der Waals surface area contributed by atoms with E-state index in [1.54, 1.807) is 19.3 Å². The van der Waals surface area contributed by atoms with E-state index in [9.17, 15) is 9.90 Å². The SMILES string of the molecule is COc1cc(CO)cc(I)c1OC1C=C(C(=O)NCCO)CC2OC12. The van der Waals surface area contributed by atoms with Gasteiger partial charge in [0.15, 0.2) is 11.5 Å². The highest BCUT2D eigenvalue weighted by molar-refractivity contribution is 14.1. The van der Waals surface area contributed by atoms with Crippen LogP contribution in [-0.2, 0) is 16.1 Å². The first-order valence-corrected chi connectivity index (χ1v) is 9.04. The van der Waals surface area contributed by atoms with Crippen molar-refractivity contribution in [2.75, 3.05) is 20.3 Å². The monoisotopic (exact) mass is 461 g/mol. The molecule has 3 unspecified atom stereocenters. The van der Waals surface area contributed by atoms with Crippen molar-refractivity contribution >= 4 is 28.5 Å². The fraction of sp³-hybridized carbons (Fsp3) is 0.471. The molecule has 3 atom stereocenters. The molecule has 0 saturated carbocycles. The Morgan fingerprint density at radius 3 is 2.92 bits per heavy atom. The van der Waals surface area contributed by atoms with E-state index >= 15 is 0 Å². The summed E-state index contributed by atoms with van der Waals surface area (Å²) in [5.74, 6) is 0.875. The van der Waals surface area contributed by atoms with Crippen LogP contribution in [0.25, 0.3) is 0 Å². The van der Waals surface area contributed by atoms with Gasteiger partial charge in [0.1, 0.15) is 12.2 Å². The van der Waals surface area contributed by atoms with Crippen LogP contribution in [0, 0.1) is 3.57 Å². The highest BCUT2D eigenvalue weighted by Crippen LogP contribution is 2.41. The van der Waals surface area contributed by atoms with Crippen LogP contribution in [0.3, 0.4) is 0 Å². The molecule has 1 amide bonds. The predicted molar refractivity (Wildman–Crippen MR) is 97.5 cm³/mol. The lowest BCUT2D eigenvalue weighted by Gasteiger charge is -2.21. The van der Waals surface area contributed by atoms with Gasteiger partial charge in [0.05, 0.1) is 30.0 Å². The normalized spacial score (nSPS) is 24.2. The summed E-state index contributed by atoms with van der Waals surface area (Å²) in [6.07, 6.45) is 1.82. The zero-order valence-corrected chi connectivity index (χ0v) is 15.9. The van der Waals surface area contributed by atoms with Crippen molar-refractivity contribution in [1.29, 1.82) is 0 Å². The fourth-order valence-electron chi connectivity index (χ4n) is 2.86. The Balaban J connectivity index is 1.81. The summed E-state index contributed by atoms with van der Waals surface area (Å²) in [6, 6.07) is 3.55. The standard InChI is InChI=1S/C17H20INO6/c1-23-12-5-9(8-21)4-11(18)15(12)24-13-6-10(7-14-16(13)25-14)17(22)19-2-3-20/h4-6,13-14,16,20-21H,2-3,7-8H2,1H3,(H,19,22). The van der Waals surface area contributed by atoms with Gasteiger partial charge in [-0.3, -0.25) is 4.79 Å². The smallest absolute Gasteiger partial charge is 0.247 e. The van der Waals surface area contributed by atoms with Gasteiger partial charge in [0.2, 0.25) is 5.91 Å². The zero-order valence-electron chi connectivity index (χ0n) is 13.7. The first-order chi connectivity index (χ1) is 12.1. The Labute approximate surface area is 159 Å². The zero-order chi connectivity index (χ0) is 18.0. The number of carbonyl (C=O) groups is 1. The van der Waals surface area contributed by atoms with Crippen molar-refractivity contribution in [3.05, 3.63) is 32.9 Å². The summed E-state index contributed by atoms with van der Waals surface area (Å²) < 4.78 is 17.9. The molecular weight excluding hydrogens is 441 g/mol. The van der Waals surface area contributed by atoms with Crippen molar-refractivity contribution in [3.63, 3.8) is 0 Å². The summed E-state index contributed by atoms with van der Waals surface area (Å²) in [4.78, 5) is 12.1. The molecule has 3 rings (SSSR count). The Morgan fingerprint density at radius 1 is 1.44 bits per heavy atom. The van der Waals surface area contributed by atoms with Gasteiger partial charge >= 0.3 is 0 Å². The Hall–Kier alpha value is -1.36. The van der Waals surface area contributed by atoms with Crippen molar-refractivity contribution in [1.82, 2.24) is 5.32 Å². The van der Waals surface area contributed by atoms with Crippen LogP contribution in [-0.4, -0.2) is 54.7 Å². The number of rotatable bonds is 7. The molecule has 1 aliphatic carbocycles. The summed E-state index contributed by atoms with van der Waals surface area (Å²) in [6.45, 7) is 0.0258. The molecule has 0 spiro atoms. The highest BCUT2D eigenvalue weighted by Gasteiger charge is 2.50. The maximum Gasteiger partial charge on any atom is 0.247 e. The van der Waals surface area contributed by atoms with Crippen LogP contribution in [0.2, 0.25) is 0 Å². The number of hydrogen-bond donors (Lipinski definition) is 3. The minimum atomic E-state index is -0.393. The number of carbonyl (C=O) groups excluding carboxylic acids is 1. The highest BCUT2D eigenvalue weighted by atomic mass is 127. The number of aliphatic hydroxyl groups excluding tert-OH is 2. The number of fused-ring (bicyclic) bond motifs is 1. The molecule has 1 heterocycles.